The number of amides is 1. The van der Waals surface area contributed by atoms with Gasteiger partial charge in [0, 0.05) is 12.6 Å². The lowest BCUT2D eigenvalue weighted by molar-refractivity contribution is -0.127. The number of likely N-dealkylation sites (tertiary alicyclic amines) is 1. The molecule has 0 bridgehead atoms. The first-order valence-electron chi connectivity index (χ1n) is 8.89. The van der Waals surface area contributed by atoms with Crippen LogP contribution in [0, 0.1) is 5.92 Å². The first kappa shape index (κ1) is 18.6. The van der Waals surface area contributed by atoms with Crippen LogP contribution in [-0.2, 0) is 4.79 Å². The first-order valence-corrected chi connectivity index (χ1v) is 8.89. The van der Waals surface area contributed by atoms with Gasteiger partial charge in [0.15, 0.2) is 6.10 Å². The Morgan fingerprint density at radius 1 is 1.33 bits per heavy atom. The van der Waals surface area contributed by atoms with E-state index < -0.39 is 6.10 Å². The van der Waals surface area contributed by atoms with Crippen LogP contribution in [0.5, 0.6) is 11.5 Å². The number of ether oxygens (including phenoxy) is 2. The predicted octanol–water partition coefficient (Wildman–Crippen LogP) is 2.70. The van der Waals surface area contributed by atoms with Crippen LogP contribution in [0.4, 0.5) is 0 Å². The second kappa shape index (κ2) is 9.52. The molecule has 0 radical (unpaired) electrons. The molecule has 1 atom stereocenters. The van der Waals surface area contributed by atoms with Gasteiger partial charge >= 0.3 is 0 Å². The molecule has 1 aromatic rings. The van der Waals surface area contributed by atoms with Crippen molar-refractivity contribution in [3.05, 3.63) is 24.3 Å². The van der Waals surface area contributed by atoms with E-state index in [1.54, 1.807) is 20.1 Å². The highest BCUT2D eigenvalue weighted by molar-refractivity contribution is 5.80. The fraction of sp³-hybridized carbons (Fsp3) is 0.632. The van der Waals surface area contributed by atoms with Gasteiger partial charge in [-0.1, -0.05) is 13.0 Å². The fourth-order valence-corrected chi connectivity index (χ4v) is 2.88. The lowest BCUT2D eigenvalue weighted by Crippen LogP contribution is -2.39. The van der Waals surface area contributed by atoms with Crippen molar-refractivity contribution in [2.75, 3.05) is 33.3 Å². The molecule has 24 heavy (non-hydrogen) atoms. The summed E-state index contributed by atoms with van der Waals surface area (Å²) < 4.78 is 10.8. The summed E-state index contributed by atoms with van der Waals surface area (Å²) in [6.45, 7) is 8.20. The Morgan fingerprint density at radius 3 is 2.75 bits per heavy atom. The van der Waals surface area contributed by atoms with Crippen molar-refractivity contribution in [1.29, 1.82) is 0 Å². The molecule has 5 nitrogen and oxygen atoms in total. The van der Waals surface area contributed by atoms with Crippen molar-refractivity contribution in [2.24, 2.45) is 5.92 Å². The summed E-state index contributed by atoms with van der Waals surface area (Å²) in [7, 11) is 1.61. The number of piperidine rings is 1. The van der Waals surface area contributed by atoms with Crippen molar-refractivity contribution in [3.8, 4) is 11.5 Å². The summed E-state index contributed by atoms with van der Waals surface area (Å²) in [6, 6.07) is 7.29. The number of benzene rings is 1. The zero-order chi connectivity index (χ0) is 17.4. The standard InChI is InChI=1S/C19H30N2O3/c1-15-8-12-21(13-9-15)11-5-10-20-19(22)16(2)24-18-7-4-6-17(14-18)23-3/h4,6-7,14-16H,5,8-13H2,1-3H3,(H,20,22)/t16-/m1/s1. The third-order valence-corrected chi connectivity index (χ3v) is 4.55. The van der Waals surface area contributed by atoms with Crippen LogP contribution in [0.1, 0.15) is 33.1 Å². The molecule has 1 aliphatic rings. The van der Waals surface area contributed by atoms with Crippen molar-refractivity contribution in [3.63, 3.8) is 0 Å². The third kappa shape index (κ3) is 6.04. The van der Waals surface area contributed by atoms with E-state index in [4.69, 9.17) is 9.47 Å². The maximum Gasteiger partial charge on any atom is 0.260 e. The van der Waals surface area contributed by atoms with Gasteiger partial charge < -0.3 is 19.7 Å². The number of nitrogens with zero attached hydrogens (tertiary/aromatic N) is 1. The van der Waals surface area contributed by atoms with E-state index in [-0.39, 0.29) is 5.91 Å². The zero-order valence-corrected chi connectivity index (χ0v) is 15.1. The molecule has 1 aliphatic heterocycles. The van der Waals surface area contributed by atoms with Gasteiger partial charge in [-0.2, -0.15) is 0 Å². The van der Waals surface area contributed by atoms with Gasteiger partial charge in [0.2, 0.25) is 0 Å². The minimum atomic E-state index is -0.520. The zero-order valence-electron chi connectivity index (χ0n) is 15.1. The van der Waals surface area contributed by atoms with Crippen molar-refractivity contribution >= 4 is 5.91 Å². The van der Waals surface area contributed by atoms with Crippen LogP contribution in [0.2, 0.25) is 0 Å². The van der Waals surface area contributed by atoms with Crippen LogP contribution in [0.3, 0.4) is 0 Å². The monoisotopic (exact) mass is 334 g/mol. The van der Waals surface area contributed by atoms with Gasteiger partial charge in [-0.15, -0.1) is 0 Å². The molecule has 0 unspecified atom stereocenters. The number of hydrogen-bond acceptors (Lipinski definition) is 4. The molecule has 0 aliphatic carbocycles. The Morgan fingerprint density at radius 2 is 2.04 bits per heavy atom. The van der Waals surface area contributed by atoms with Crippen LogP contribution < -0.4 is 14.8 Å². The molecular weight excluding hydrogens is 304 g/mol. The van der Waals surface area contributed by atoms with Gasteiger partial charge in [0.05, 0.1) is 7.11 Å². The van der Waals surface area contributed by atoms with E-state index in [1.807, 2.05) is 18.2 Å². The van der Waals surface area contributed by atoms with Crippen LogP contribution >= 0.6 is 0 Å². The molecule has 0 aromatic heterocycles. The number of rotatable bonds is 8. The summed E-state index contributed by atoms with van der Waals surface area (Å²) in [5, 5.41) is 2.96. The van der Waals surface area contributed by atoms with Gasteiger partial charge in [-0.3, -0.25) is 4.79 Å². The maximum atomic E-state index is 12.1. The normalized spacial score (nSPS) is 17.3. The fourth-order valence-electron chi connectivity index (χ4n) is 2.88. The Balaban J connectivity index is 1.64. The second-order valence-corrected chi connectivity index (χ2v) is 6.61. The highest BCUT2D eigenvalue weighted by atomic mass is 16.5. The number of nitrogens with one attached hydrogen (secondary N) is 1. The Bertz CT molecular complexity index is 513. The average molecular weight is 334 g/mol. The van der Waals surface area contributed by atoms with Crippen molar-refractivity contribution in [1.82, 2.24) is 10.2 Å². The summed E-state index contributed by atoms with van der Waals surface area (Å²) in [6.07, 6.45) is 3.04. The third-order valence-electron chi connectivity index (χ3n) is 4.55. The SMILES string of the molecule is COc1cccc(O[C@H](C)C(=O)NCCCN2CCC(C)CC2)c1. The average Bonchev–Trinajstić information content (AvgIpc) is 2.60. The maximum absolute atomic E-state index is 12.1. The molecule has 1 N–H and O–H groups in total. The molecule has 1 fully saturated rings. The number of carbonyl (C=O) groups excluding carboxylic acids is 1. The van der Waals surface area contributed by atoms with E-state index in [1.165, 1.54) is 25.9 Å². The van der Waals surface area contributed by atoms with Crippen LogP contribution in [0.15, 0.2) is 24.3 Å². The van der Waals surface area contributed by atoms with E-state index in [9.17, 15) is 4.79 Å². The van der Waals surface area contributed by atoms with E-state index >= 15 is 0 Å². The van der Waals surface area contributed by atoms with Gasteiger partial charge in [0.25, 0.3) is 5.91 Å². The van der Waals surface area contributed by atoms with Gasteiger partial charge in [0.1, 0.15) is 11.5 Å². The van der Waals surface area contributed by atoms with Crippen molar-refractivity contribution < 1.29 is 14.3 Å². The minimum absolute atomic E-state index is 0.0786. The number of carbonyl (C=O) groups is 1. The quantitative estimate of drug-likeness (QED) is 0.743. The largest absolute Gasteiger partial charge is 0.497 e. The minimum Gasteiger partial charge on any atom is -0.497 e. The van der Waals surface area contributed by atoms with Crippen LogP contribution in [-0.4, -0.2) is 50.2 Å². The molecular formula is C19H30N2O3. The highest BCUT2D eigenvalue weighted by Gasteiger charge is 2.16. The molecule has 1 amide bonds. The van der Waals surface area contributed by atoms with E-state index in [2.05, 4.69) is 17.1 Å². The van der Waals surface area contributed by atoms with Crippen molar-refractivity contribution in [2.45, 2.75) is 39.2 Å². The molecule has 1 saturated heterocycles. The Kier molecular flexibility index (Phi) is 7.37. The second-order valence-electron chi connectivity index (χ2n) is 6.61. The molecule has 1 aromatic carbocycles. The first-order chi connectivity index (χ1) is 11.6. The summed E-state index contributed by atoms with van der Waals surface area (Å²) in [5.41, 5.74) is 0. The molecule has 1 heterocycles. The number of hydrogen-bond donors (Lipinski definition) is 1. The van der Waals surface area contributed by atoms with E-state index in [0.717, 1.165) is 24.6 Å². The van der Waals surface area contributed by atoms with Crippen LogP contribution in [0.25, 0.3) is 0 Å². The number of methoxy groups -OCH3 is 1. The highest BCUT2D eigenvalue weighted by Crippen LogP contribution is 2.20. The topological polar surface area (TPSA) is 50.8 Å². The Hall–Kier alpha value is -1.75. The summed E-state index contributed by atoms with van der Waals surface area (Å²) >= 11 is 0. The molecule has 2 rings (SSSR count). The molecule has 0 spiro atoms. The smallest absolute Gasteiger partial charge is 0.260 e. The summed E-state index contributed by atoms with van der Waals surface area (Å²) in [4.78, 5) is 14.6. The lowest BCUT2D eigenvalue weighted by atomic mass is 9.99. The van der Waals surface area contributed by atoms with Gasteiger partial charge in [-0.25, -0.2) is 0 Å². The van der Waals surface area contributed by atoms with Gasteiger partial charge in [-0.05, 0) is 63.9 Å². The summed E-state index contributed by atoms with van der Waals surface area (Å²) in [5.74, 6) is 2.14. The molecule has 0 saturated carbocycles. The lowest BCUT2D eigenvalue weighted by Gasteiger charge is -2.30. The van der Waals surface area contributed by atoms with E-state index in [0.29, 0.717) is 12.3 Å². The predicted molar refractivity (Wildman–Crippen MR) is 95.5 cm³/mol. The Labute approximate surface area is 145 Å². The molecule has 134 valence electrons. The molecule has 5 heteroatoms.